The quantitative estimate of drug-likeness (QED) is 0.440. The van der Waals surface area contributed by atoms with Crippen LogP contribution < -0.4 is 11.1 Å². The molecule has 1 rings (SSSR count). The number of allylic oxidation sites excluding steroid dienone is 1. The van der Waals surface area contributed by atoms with Crippen molar-refractivity contribution < 1.29 is 0 Å². The number of guanidine groups is 1. The minimum absolute atomic E-state index is 0.471. The minimum atomic E-state index is 0.471. The molecule has 0 aromatic heterocycles. The molecule has 0 unspecified atom stereocenters. The predicted molar refractivity (Wildman–Crippen MR) is 74.2 cm³/mol. The topological polar surface area (TPSA) is 62.8 Å². The summed E-state index contributed by atoms with van der Waals surface area (Å²) < 4.78 is 0. The maximum Gasteiger partial charge on any atom is 0.195 e. The van der Waals surface area contributed by atoms with Crippen molar-refractivity contribution in [1.82, 2.24) is 5.32 Å². The summed E-state index contributed by atoms with van der Waals surface area (Å²) in [6.45, 7) is 7.38. The molecule has 0 aromatic carbocycles. The van der Waals surface area contributed by atoms with Gasteiger partial charge in [-0.25, -0.2) is 9.98 Å². The maximum atomic E-state index is 5.86. The lowest BCUT2D eigenvalue weighted by molar-refractivity contribution is 0.531. The summed E-state index contributed by atoms with van der Waals surface area (Å²) in [6, 6.07) is 0.471. The monoisotopic (exact) mass is 236 g/mol. The van der Waals surface area contributed by atoms with Gasteiger partial charge in [0.2, 0.25) is 0 Å². The number of amidine groups is 1. The highest BCUT2D eigenvalue weighted by Crippen LogP contribution is 2.16. The van der Waals surface area contributed by atoms with Crippen molar-refractivity contribution in [2.24, 2.45) is 15.7 Å². The molecule has 4 heteroatoms. The average Bonchev–Trinajstić information content (AvgIpc) is 2.44. The number of hydrogen-bond acceptors (Lipinski definition) is 1. The predicted octanol–water partition coefficient (Wildman–Crippen LogP) is 2.57. The van der Waals surface area contributed by atoms with Crippen LogP contribution in [0, 0.1) is 0 Å². The van der Waals surface area contributed by atoms with E-state index in [2.05, 4.69) is 21.9 Å². The van der Waals surface area contributed by atoms with Gasteiger partial charge in [0.15, 0.2) is 5.96 Å². The summed E-state index contributed by atoms with van der Waals surface area (Å²) in [7, 11) is 0. The van der Waals surface area contributed by atoms with Crippen LogP contribution >= 0.6 is 0 Å². The van der Waals surface area contributed by atoms with E-state index in [-0.39, 0.29) is 0 Å². The van der Waals surface area contributed by atoms with Crippen LogP contribution in [0.5, 0.6) is 0 Å². The highest BCUT2D eigenvalue weighted by Gasteiger charge is 2.12. The third-order valence-corrected chi connectivity index (χ3v) is 2.84. The minimum Gasteiger partial charge on any atom is -0.370 e. The van der Waals surface area contributed by atoms with Crippen molar-refractivity contribution in [2.45, 2.75) is 58.4 Å². The van der Waals surface area contributed by atoms with Crippen LogP contribution in [-0.4, -0.2) is 17.8 Å². The standard InChI is InChI=1S/C13H24N4/c1-10(2)15-11(3)16-13(14)17-12-8-6-4-5-7-9-12/h12H,1,4-9H2,2-3H3,(H3,14,15,16,17). The Bertz CT molecular complexity index is 309. The fourth-order valence-corrected chi connectivity index (χ4v) is 2.14. The number of nitrogens with zero attached hydrogens (tertiary/aromatic N) is 2. The Kier molecular flexibility index (Phi) is 5.73. The summed E-state index contributed by atoms with van der Waals surface area (Å²) in [5, 5.41) is 3.28. The van der Waals surface area contributed by atoms with Gasteiger partial charge < -0.3 is 11.1 Å². The highest BCUT2D eigenvalue weighted by atomic mass is 15.1. The average molecular weight is 236 g/mol. The number of nitrogens with two attached hydrogens (primary N) is 1. The van der Waals surface area contributed by atoms with E-state index in [1.807, 2.05) is 13.8 Å². The Morgan fingerprint density at radius 1 is 1.12 bits per heavy atom. The van der Waals surface area contributed by atoms with Crippen molar-refractivity contribution >= 4 is 11.8 Å². The molecule has 1 saturated carbocycles. The normalized spacial score (nSPS) is 19.9. The Balaban J connectivity index is 2.49. The number of hydrogen-bond donors (Lipinski definition) is 2. The molecule has 96 valence electrons. The molecule has 0 heterocycles. The van der Waals surface area contributed by atoms with E-state index in [0.29, 0.717) is 17.8 Å². The molecule has 3 N–H and O–H groups in total. The molecule has 1 aliphatic carbocycles. The van der Waals surface area contributed by atoms with Gasteiger partial charge in [0, 0.05) is 11.7 Å². The Morgan fingerprint density at radius 2 is 1.71 bits per heavy atom. The van der Waals surface area contributed by atoms with E-state index in [1.165, 1.54) is 38.5 Å². The van der Waals surface area contributed by atoms with E-state index < -0.39 is 0 Å². The number of rotatable bonds is 2. The van der Waals surface area contributed by atoms with Crippen LogP contribution in [0.1, 0.15) is 52.4 Å². The Labute approximate surface area is 104 Å². The maximum absolute atomic E-state index is 5.86. The second-order valence-electron chi connectivity index (χ2n) is 4.72. The fraction of sp³-hybridized carbons (Fsp3) is 0.692. The zero-order chi connectivity index (χ0) is 12.7. The van der Waals surface area contributed by atoms with Gasteiger partial charge >= 0.3 is 0 Å². The first-order valence-electron chi connectivity index (χ1n) is 6.39. The van der Waals surface area contributed by atoms with E-state index in [1.54, 1.807) is 0 Å². The van der Waals surface area contributed by atoms with Crippen LogP contribution in [0.25, 0.3) is 0 Å². The van der Waals surface area contributed by atoms with E-state index >= 15 is 0 Å². The first-order valence-corrected chi connectivity index (χ1v) is 6.39. The number of aliphatic imine (C=N–C) groups is 2. The summed E-state index contributed by atoms with van der Waals surface area (Å²) >= 11 is 0. The van der Waals surface area contributed by atoms with Crippen LogP contribution in [0.2, 0.25) is 0 Å². The first kappa shape index (κ1) is 13.7. The molecule has 0 radical (unpaired) electrons. The van der Waals surface area contributed by atoms with Crippen LogP contribution in [0.15, 0.2) is 22.3 Å². The van der Waals surface area contributed by atoms with Gasteiger partial charge in [0.1, 0.15) is 5.84 Å². The van der Waals surface area contributed by atoms with E-state index in [0.717, 1.165) is 5.70 Å². The van der Waals surface area contributed by atoms with Crippen molar-refractivity contribution in [3.63, 3.8) is 0 Å². The van der Waals surface area contributed by atoms with Gasteiger partial charge in [-0.3, -0.25) is 0 Å². The van der Waals surface area contributed by atoms with Crippen molar-refractivity contribution in [3.05, 3.63) is 12.3 Å². The Morgan fingerprint density at radius 3 is 2.24 bits per heavy atom. The summed E-state index contributed by atoms with van der Waals surface area (Å²) in [5.41, 5.74) is 6.60. The molecule has 0 aliphatic heterocycles. The second kappa shape index (κ2) is 7.09. The molecular weight excluding hydrogens is 212 g/mol. The Hall–Kier alpha value is -1.32. The van der Waals surface area contributed by atoms with Crippen molar-refractivity contribution in [3.8, 4) is 0 Å². The van der Waals surface area contributed by atoms with Crippen LogP contribution in [0.4, 0.5) is 0 Å². The van der Waals surface area contributed by atoms with Crippen molar-refractivity contribution in [1.29, 1.82) is 0 Å². The van der Waals surface area contributed by atoms with Gasteiger partial charge in [0.05, 0.1) is 0 Å². The van der Waals surface area contributed by atoms with Crippen molar-refractivity contribution in [2.75, 3.05) is 0 Å². The van der Waals surface area contributed by atoms with Gasteiger partial charge in [0.25, 0.3) is 0 Å². The molecule has 1 aliphatic rings. The molecule has 0 spiro atoms. The molecule has 4 nitrogen and oxygen atoms in total. The largest absolute Gasteiger partial charge is 0.370 e. The lowest BCUT2D eigenvalue weighted by Gasteiger charge is -2.16. The zero-order valence-corrected chi connectivity index (χ0v) is 11.0. The molecular formula is C13H24N4. The SMILES string of the molecule is C=C(C)/N=C(C)\N=C(/N)NC1CCCCCC1. The van der Waals surface area contributed by atoms with Gasteiger partial charge in [-0.15, -0.1) is 0 Å². The molecule has 0 bridgehead atoms. The van der Waals surface area contributed by atoms with Gasteiger partial charge in [-0.1, -0.05) is 32.3 Å². The lowest BCUT2D eigenvalue weighted by atomic mass is 10.1. The first-order chi connectivity index (χ1) is 8.08. The molecule has 0 saturated heterocycles. The van der Waals surface area contributed by atoms with E-state index in [4.69, 9.17) is 5.73 Å². The zero-order valence-electron chi connectivity index (χ0n) is 11.0. The number of nitrogens with one attached hydrogen (secondary N) is 1. The smallest absolute Gasteiger partial charge is 0.195 e. The van der Waals surface area contributed by atoms with E-state index in [9.17, 15) is 0 Å². The van der Waals surface area contributed by atoms with Gasteiger partial charge in [-0.05, 0) is 26.7 Å². The molecule has 0 aromatic rings. The molecule has 1 fully saturated rings. The summed E-state index contributed by atoms with van der Waals surface area (Å²) in [5.74, 6) is 1.12. The van der Waals surface area contributed by atoms with Crippen LogP contribution in [0.3, 0.4) is 0 Å². The summed E-state index contributed by atoms with van der Waals surface area (Å²) in [6.07, 6.45) is 7.62. The second-order valence-corrected chi connectivity index (χ2v) is 4.72. The summed E-state index contributed by atoms with van der Waals surface area (Å²) in [4.78, 5) is 8.36. The van der Waals surface area contributed by atoms with Gasteiger partial charge in [-0.2, -0.15) is 0 Å². The molecule has 17 heavy (non-hydrogen) atoms. The fourth-order valence-electron chi connectivity index (χ4n) is 2.14. The third kappa shape index (κ3) is 6.09. The lowest BCUT2D eigenvalue weighted by Crippen LogP contribution is -2.40. The van der Waals surface area contributed by atoms with Crippen LogP contribution in [-0.2, 0) is 0 Å². The molecule has 0 amide bonds. The third-order valence-electron chi connectivity index (χ3n) is 2.84. The highest BCUT2D eigenvalue weighted by molar-refractivity contribution is 5.94. The molecule has 0 atom stereocenters.